The maximum Gasteiger partial charge on any atom is 0.110 e. The predicted octanol–water partition coefficient (Wildman–Crippen LogP) is 1.78. The third-order valence-corrected chi connectivity index (χ3v) is 4.09. The van der Waals surface area contributed by atoms with Crippen LogP contribution in [0.15, 0.2) is 36.1 Å². The number of hydrogen-bond acceptors (Lipinski definition) is 5. The minimum absolute atomic E-state index is 0.0140. The molecule has 0 saturated carbocycles. The van der Waals surface area contributed by atoms with Crippen molar-refractivity contribution in [3.05, 3.63) is 47.5 Å². The molecule has 98 valence electrons. The van der Waals surface area contributed by atoms with Gasteiger partial charge in [-0.15, -0.1) is 11.3 Å². The highest BCUT2D eigenvalue weighted by Gasteiger charge is 2.14. The van der Waals surface area contributed by atoms with Gasteiger partial charge in [-0.3, -0.25) is 16.3 Å². The van der Waals surface area contributed by atoms with Gasteiger partial charge in [0.15, 0.2) is 0 Å². The zero-order valence-corrected chi connectivity index (χ0v) is 11.4. The van der Waals surface area contributed by atoms with Crippen LogP contribution in [0.25, 0.3) is 10.2 Å². The van der Waals surface area contributed by atoms with Gasteiger partial charge in [0.05, 0.1) is 16.3 Å². The minimum Gasteiger partial charge on any atom is -0.338 e. The van der Waals surface area contributed by atoms with E-state index in [2.05, 4.69) is 21.5 Å². The second-order valence-corrected chi connectivity index (χ2v) is 5.40. The Morgan fingerprint density at radius 1 is 1.47 bits per heavy atom. The lowest BCUT2D eigenvalue weighted by atomic mass is 10.1. The number of nitrogens with zero attached hydrogens (tertiary/aromatic N) is 3. The van der Waals surface area contributed by atoms with E-state index >= 15 is 0 Å². The van der Waals surface area contributed by atoms with Crippen LogP contribution in [0.1, 0.15) is 17.4 Å². The van der Waals surface area contributed by atoms with Gasteiger partial charge < -0.3 is 4.57 Å². The van der Waals surface area contributed by atoms with E-state index in [1.54, 1.807) is 17.5 Å². The van der Waals surface area contributed by atoms with Crippen molar-refractivity contribution in [3.63, 3.8) is 0 Å². The molecule has 3 rings (SSSR count). The summed E-state index contributed by atoms with van der Waals surface area (Å²) in [4.78, 5) is 8.78. The Labute approximate surface area is 115 Å². The van der Waals surface area contributed by atoms with Gasteiger partial charge in [-0.05, 0) is 23.1 Å². The molecule has 1 atom stereocenters. The number of imidazole rings is 1. The monoisotopic (exact) mass is 273 g/mol. The lowest BCUT2D eigenvalue weighted by Gasteiger charge is -2.15. The maximum atomic E-state index is 5.68. The standard InChI is InChI=1S/C13H15N5S/c1-18-4-3-15-13(18)7-11(17-14)9-6-12-10(16-8-9)2-5-19-12/h2-6,8,11,17H,7,14H2,1H3. The van der Waals surface area contributed by atoms with Gasteiger partial charge in [-0.25, -0.2) is 4.98 Å². The van der Waals surface area contributed by atoms with Crippen molar-refractivity contribution in [1.29, 1.82) is 0 Å². The number of hydrazine groups is 1. The summed E-state index contributed by atoms with van der Waals surface area (Å²) in [5.74, 6) is 6.67. The number of hydrogen-bond donors (Lipinski definition) is 2. The lowest BCUT2D eigenvalue weighted by molar-refractivity contribution is 0.529. The number of thiophene rings is 1. The molecule has 5 nitrogen and oxygen atoms in total. The van der Waals surface area contributed by atoms with Gasteiger partial charge in [0, 0.05) is 32.1 Å². The molecule has 0 saturated heterocycles. The highest BCUT2D eigenvalue weighted by atomic mass is 32.1. The molecule has 6 heteroatoms. The molecule has 0 aliphatic carbocycles. The zero-order chi connectivity index (χ0) is 13.2. The van der Waals surface area contributed by atoms with Gasteiger partial charge in [-0.2, -0.15) is 0 Å². The molecular formula is C13H15N5S. The molecule has 3 aromatic heterocycles. The van der Waals surface area contributed by atoms with E-state index in [1.807, 2.05) is 35.5 Å². The first kappa shape index (κ1) is 12.3. The molecule has 0 aromatic carbocycles. The van der Waals surface area contributed by atoms with E-state index in [9.17, 15) is 0 Å². The average molecular weight is 273 g/mol. The lowest BCUT2D eigenvalue weighted by Crippen LogP contribution is -2.30. The van der Waals surface area contributed by atoms with Crippen LogP contribution < -0.4 is 11.3 Å². The van der Waals surface area contributed by atoms with E-state index in [0.29, 0.717) is 0 Å². The first-order valence-electron chi connectivity index (χ1n) is 6.03. The fourth-order valence-corrected chi connectivity index (χ4v) is 2.89. The molecule has 0 spiro atoms. The molecule has 0 amide bonds. The van der Waals surface area contributed by atoms with Crippen LogP contribution in [0.4, 0.5) is 0 Å². The Morgan fingerprint density at radius 3 is 3.11 bits per heavy atom. The Balaban J connectivity index is 1.90. The minimum atomic E-state index is 0.0140. The largest absolute Gasteiger partial charge is 0.338 e. The molecule has 3 heterocycles. The molecule has 19 heavy (non-hydrogen) atoms. The van der Waals surface area contributed by atoms with Crippen LogP contribution in [0, 0.1) is 0 Å². The van der Waals surface area contributed by atoms with Crippen molar-refractivity contribution < 1.29 is 0 Å². The highest BCUT2D eigenvalue weighted by Crippen LogP contribution is 2.24. The third-order valence-electron chi connectivity index (χ3n) is 3.24. The second-order valence-electron chi connectivity index (χ2n) is 4.45. The van der Waals surface area contributed by atoms with Crippen molar-refractivity contribution in [2.75, 3.05) is 0 Å². The number of rotatable bonds is 4. The summed E-state index contributed by atoms with van der Waals surface area (Å²) in [7, 11) is 1.98. The van der Waals surface area contributed by atoms with E-state index in [0.717, 1.165) is 23.3 Å². The summed E-state index contributed by atoms with van der Waals surface area (Å²) in [5.41, 5.74) is 4.96. The molecule has 3 N–H and O–H groups in total. The summed E-state index contributed by atoms with van der Waals surface area (Å²) in [6, 6.07) is 4.17. The fourth-order valence-electron chi connectivity index (χ4n) is 2.10. The zero-order valence-electron chi connectivity index (χ0n) is 10.6. The number of fused-ring (bicyclic) bond motifs is 1. The Kier molecular flexibility index (Phi) is 3.29. The van der Waals surface area contributed by atoms with Crippen molar-refractivity contribution in [2.24, 2.45) is 12.9 Å². The molecule has 3 aromatic rings. The van der Waals surface area contributed by atoms with Crippen LogP contribution in [0.3, 0.4) is 0 Å². The Hall–Kier alpha value is -1.76. The number of pyridine rings is 1. The van der Waals surface area contributed by atoms with Crippen molar-refractivity contribution in [3.8, 4) is 0 Å². The van der Waals surface area contributed by atoms with Crippen LogP contribution in [0.5, 0.6) is 0 Å². The second kappa shape index (κ2) is 5.08. The quantitative estimate of drug-likeness (QED) is 0.561. The van der Waals surface area contributed by atoms with Crippen LogP contribution in [0.2, 0.25) is 0 Å². The van der Waals surface area contributed by atoms with E-state index < -0.39 is 0 Å². The molecule has 0 radical (unpaired) electrons. The normalized spacial score (nSPS) is 12.9. The Bertz CT molecular complexity index is 687. The molecule has 0 aliphatic rings. The average Bonchev–Trinajstić information content (AvgIpc) is 3.04. The number of aromatic nitrogens is 3. The molecule has 0 fully saturated rings. The summed E-state index contributed by atoms with van der Waals surface area (Å²) in [5, 5.41) is 2.05. The van der Waals surface area contributed by atoms with Gasteiger partial charge in [0.25, 0.3) is 0 Å². The molecule has 1 unspecified atom stereocenters. The number of nitrogens with one attached hydrogen (secondary N) is 1. The van der Waals surface area contributed by atoms with E-state index in [1.165, 1.54) is 4.70 Å². The third kappa shape index (κ3) is 2.37. The summed E-state index contributed by atoms with van der Waals surface area (Å²) in [6.45, 7) is 0. The molecule has 0 aliphatic heterocycles. The highest BCUT2D eigenvalue weighted by molar-refractivity contribution is 7.17. The van der Waals surface area contributed by atoms with Gasteiger partial charge in [0.2, 0.25) is 0 Å². The van der Waals surface area contributed by atoms with E-state index in [4.69, 9.17) is 5.84 Å². The summed E-state index contributed by atoms with van der Waals surface area (Å²) < 4.78 is 3.18. The number of aryl methyl sites for hydroxylation is 1. The number of nitrogens with two attached hydrogens (primary N) is 1. The Morgan fingerprint density at radius 2 is 2.37 bits per heavy atom. The van der Waals surface area contributed by atoms with Crippen molar-refractivity contribution in [2.45, 2.75) is 12.5 Å². The molecular weight excluding hydrogens is 258 g/mol. The molecule has 0 bridgehead atoms. The first-order chi connectivity index (χ1) is 9.28. The fraction of sp³-hybridized carbons (Fsp3) is 0.231. The predicted molar refractivity (Wildman–Crippen MR) is 76.6 cm³/mol. The summed E-state index contributed by atoms with van der Waals surface area (Å²) in [6.07, 6.45) is 6.34. The smallest absolute Gasteiger partial charge is 0.110 e. The summed E-state index contributed by atoms with van der Waals surface area (Å²) >= 11 is 1.69. The van der Waals surface area contributed by atoms with Crippen molar-refractivity contribution in [1.82, 2.24) is 20.0 Å². The van der Waals surface area contributed by atoms with E-state index in [-0.39, 0.29) is 6.04 Å². The van der Waals surface area contributed by atoms with Crippen molar-refractivity contribution >= 4 is 21.6 Å². The van der Waals surface area contributed by atoms with Crippen LogP contribution >= 0.6 is 11.3 Å². The van der Waals surface area contributed by atoms with Crippen LogP contribution in [-0.2, 0) is 13.5 Å². The SMILES string of the molecule is Cn1ccnc1CC(NN)c1cnc2ccsc2c1. The van der Waals surface area contributed by atoms with Gasteiger partial charge in [-0.1, -0.05) is 0 Å². The first-order valence-corrected chi connectivity index (χ1v) is 6.91. The van der Waals surface area contributed by atoms with Crippen LogP contribution in [-0.4, -0.2) is 14.5 Å². The van der Waals surface area contributed by atoms with Gasteiger partial charge in [0.1, 0.15) is 5.82 Å². The van der Waals surface area contributed by atoms with Gasteiger partial charge >= 0.3 is 0 Å². The topological polar surface area (TPSA) is 68.8 Å². The maximum absolute atomic E-state index is 5.68.